The Kier molecular flexibility index (Phi) is 18.8. The smallest absolute Gasteiger partial charge is 0.319 e. The van der Waals surface area contributed by atoms with Gasteiger partial charge >= 0.3 is 6.01 Å². The number of imide groups is 2. The highest BCUT2D eigenvalue weighted by Crippen LogP contribution is 2.43. The number of benzene rings is 4. The van der Waals surface area contributed by atoms with Crippen molar-refractivity contribution in [3.8, 4) is 28.6 Å². The number of ether oxygens (including phenoxy) is 7. The van der Waals surface area contributed by atoms with Crippen LogP contribution in [0.2, 0.25) is 5.02 Å². The summed E-state index contributed by atoms with van der Waals surface area (Å²) in [7, 11) is 0. The number of nitrogens with one attached hydrogen (secondary N) is 1. The summed E-state index contributed by atoms with van der Waals surface area (Å²) >= 11 is 6.91. The fourth-order valence-electron chi connectivity index (χ4n) is 10.1. The third kappa shape index (κ3) is 13.3. The lowest BCUT2D eigenvalue weighted by Crippen LogP contribution is -2.54. The minimum atomic E-state index is -1.03. The van der Waals surface area contributed by atoms with E-state index in [0.717, 1.165) is 36.2 Å². The summed E-state index contributed by atoms with van der Waals surface area (Å²) in [5.41, 5.74) is 0.889. The predicted octanol–water partition coefficient (Wildman–Crippen LogP) is 5.58. The molecule has 5 aromatic rings. The van der Waals surface area contributed by atoms with Gasteiger partial charge in [0.1, 0.15) is 41.6 Å². The van der Waals surface area contributed by atoms with Crippen molar-refractivity contribution in [2.75, 3.05) is 117 Å². The van der Waals surface area contributed by atoms with E-state index in [9.17, 15) is 29.1 Å². The molecule has 2 N–H and O–H groups in total. The van der Waals surface area contributed by atoms with Gasteiger partial charge in [-0.1, -0.05) is 42.4 Å². The van der Waals surface area contributed by atoms with Crippen molar-refractivity contribution in [2.45, 2.75) is 50.9 Å². The quantitative estimate of drug-likeness (QED) is 0.0414. The number of phenols is 1. The highest BCUT2D eigenvalue weighted by atomic mass is 35.5. The van der Waals surface area contributed by atoms with Crippen LogP contribution in [0.1, 0.15) is 53.3 Å². The van der Waals surface area contributed by atoms with Gasteiger partial charge in [-0.25, -0.2) is 4.39 Å². The normalized spacial score (nSPS) is 17.7. The second-order valence-electron chi connectivity index (χ2n) is 19.3. The van der Waals surface area contributed by atoms with Gasteiger partial charge in [-0.15, -0.1) is 0 Å². The molecule has 20 nitrogen and oxygen atoms in total. The van der Waals surface area contributed by atoms with E-state index in [1.807, 2.05) is 36.1 Å². The molecule has 0 saturated carbocycles. The van der Waals surface area contributed by atoms with Crippen LogP contribution in [0.5, 0.6) is 17.5 Å². The van der Waals surface area contributed by atoms with Crippen molar-refractivity contribution in [1.29, 1.82) is 0 Å². The maximum absolute atomic E-state index is 17.1. The van der Waals surface area contributed by atoms with Crippen LogP contribution in [0.3, 0.4) is 0 Å². The highest BCUT2D eigenvalue weighted by Gasteiger charge is 2.45. The first-order valence-electron chi connectivity index (χ1n) is 26.2. The molecule has 414 valence electrons. The molecule has 78 heavy (non-hydrogen) atoms. The number of piperidine rings is 2. The molecule has 22 heteroatoms. The van der Waals surface area contributed by atoms with Gasteiger partial charge < -0.3 is 48.1 Å². The van der Waals surface area contributed by atoms with Crippen molar-refractivity contribution in [2.24, 2.45) is 0 Å². The Balaban J connectivity index is 0.642. The van der Waals surface area contributed by atoms with E-state index in [-0.39, 0.29) is 83.2 Å². The van der Waals surface area contributed by atoms with E-state index in [0.29, 0.717) is 113 Å². The predicted molar refractivity (Wildman–Crippen MR) is 285 cm³/mol. The van der Waals surface area contributed by atoms with Gasteiger partial charge in [-0.3, -0.25) is 39.1 Å². The molecule has 4 aliphatic rings. The molecular weight excluding hydrogens is 1030 g/mol. The zero-order valence-corrected chi connectivity index (χ0v) is 44.2. The van der Waals surface area contributed by atoms with Gasteiger partial charge in [0.2, 0.25) is 17.7 Å². The van der Waals surface area contributed by atoms with E-state index < -0.39 is 35.5 Å². The van der Waals surface area contributed by atoms with E-state index in [2.05, 4.69) is 21.8 Å². The number of phenolic OH excluding ortho intramolecular Hbond substituents is 1. The Labute approximate surface area is 455 Å². The summed E-state index contributed by atoms with van der Waals surface area (Å²) in [5, 5.41) is 14.8. The van der Waals surface area contributed by atoms with E-state index >= 15 is 4.39 Å². The van der Waals surface area contributed by atoms with Gasteiger partial charge in [0.25, 0.3) is 11.8 Å². The Morgan fingerprint density at radius 3 is 2.15 bits per heavy atom. The number of carbonyl (C=O) groups excluding carboxylic acids is 5. The number of aromatic nitrogens is 2. The number of likely N-dealkylation sites (tertiary alicyclic amines) is 1. The Morgan fingerprint density at radius 2 is 1.46 bits per heavy atom. The largest absolute Gasteiger partial charge is 0.508 e. The van der Waals surface area contributed by atoms with Crippen LogP contribution in [0, 0.1) is 5.82 Å². The fourth-order valence-corrected chi connectivity index (χ4v) is 10.4. The number of nitrogens with zero attached hydrogens (tertiary/aromatic N) is 6. The van der Waals surface area contributed by atoms with E-state index in [4.69, 9.17) is 49.7 Å². The SMILES string of the molecule is C=CC(=O)N1CCN(c2nc(O[C@H](C)CN3CCC(OCCOCCOCCOCCOCCOc4ccc5c(c4)C(=O)N(C4CCC(=O)NC4=O)C5=O)CC3)nc3c(F)c(-c4cc(O)cc5ccccc45)c(Cl)cc23)CC1. The second-order valence-corrected chi connectivity index (χ2v) is 19.7. The van der Waals surface area contributed by atoms with Gasteiger partial charge in [0.05, 0.1) is 81.7 Å². The summed E-state index contributed by atoms with van der Waals surface area (Å²) in [6.45, 7) is 13.1. The van der Waals surface area contributed by atoms with Crippen LogP contribution in [-0.4, -0.2) is 189 Å². The lowest BCUT2D eigenvalue weighted by molar-refractivity contribution is -0.136. The van der Waals surface area contributed by atoms with E-state index in [1.165, 1.54) is 24.3 Å². The molecule has 1 aromatic heterocycles. The molecule has 2 atom stereocenters. The number of amides is 5. The monoisotopic (exact) mass is 1100 g/mol. The number of aromatic hydroxyl groups is 1. The van der Waals surface area contributed by atoms with Crippen molar-refractivity contribution in [3.63, 3.8) is 0 Å². The lowest BCUT2D eigenvalue weighted by Gasteiger charge is -2.35. The Bertz CT molecular complexity index is 3020. The minimum Gasteiger partial charge on any atom is -0.508 e. The van der Waals surface area contributed by atoms with Gasteiger partial charge in [-0.2, -0.15) is 9.97 Å². The van der Waals surface area contributed by atoms with Crippen LogP contribution >= 0.6 is 11.6 Å². The molecule has 0 radical (unpaired) electrons. The number of hydrogen-bond acceptors (Lipinski definition) is 17. The van der Waals surface area contributed by atoms with Crippen molar-refractivity contribution >= 4 is 68.6 Å². The van der Waals surface area contributed by atoms with Gasteiger partial charge in [-0.05, 0) is 85.0 Å². The summed E-state index contributed by atoms with van der Waals surface area (Å²) in [6.07, 6.45) is 2.84. The number of rotatable bonds is 25. The Morgan fingerprint density at radius 1 is 0.795 bits per heavy atom. The number of anilines is 1. The molecule has 0 spiro atoms. The Hall–Kier alpha value is -6.85. The topological polar surface area (TPSA) is 221 Å². The van der Waals surface area contributed by atoms with Crippen LogP contribution in [-0.2, 0) is 38.1 Å². The third-order valence-electron chi connectivity index (χ3n) is 14.0. The number of halogens is 2. The second kappa shape index (κ2) is 26.2. The number of piperazine rings is 1. The average molecular weight is 1100 g/mol. The first-order valence-corrected chi connectivity index (χ1v) is 26.6. The summed E-state index contributed by atoms with van der Waals surface area (Å²) in [4.78, 5) is 78.5. The first-order chi connectivity index (χ1) is 37.9. The van der Waals surface area contributed by atoms with Crippen molar-refractivity contribution in [3.05, 3.63) is 95.3 Å². The van der Waals surface area contributed by atoms with Crippen LogP contribution < -0.4 is 19.7 Å². The summed E-state index contributed by atoms with van der Waals surface area (Å²) in [6, 6.07) is 15.7. The average Bonchev–Trinajstić information content (AvgIpc) is 3.85. The fraction of sp³-hybridized carbons (Fsp3) is 0.446. The molecule has 5 amide bonds. The molecule has 1 unspecified atom stereocenters. The van der Waals surface area contributed by atoms with Crippen molar-refractivity contribution in [1.82, 2.24) is 30.0 Å². The minimum absolute atomic E-state index is 0.0172. The van der Waals surface area contributed by atoms with Crippen LogP contribution in [0.25, 0.3) is 32.8 Å². The van der Waals surface area contributed by atoms with Gasteiger partial charge in [0.15, 0.2) is 5.82 Å². The van der Waals surface area contributed by atoms with Crippen molar-refractivity contribution < 1.29 is 66.6 Å². The first kappa shape index (κ1) is 55.9. The number of fused-ring (bicyclic) bond motifs is 3. The number of hydrogen-bond donors (Lipinski definition) is 2. The lowest BCUT2D eigenvalue weighted by atomic mass is 9.96. The number of carbonyl (C=O) groups is 5. The maximum Gasteiger partial charge on any atom is 0.319 e. The van der Waals surface area contributed by atoms with E-state index in [1.54, 1.807) is 23.1 Å². The third-order valence-corrected chi connectivity index (χ3v) is 14.3. The maximum atomic E-state index is 17.1. The zero-order chi connectivity index (χ0) is 54.7. The molecule has 0 bridgehead atoms. The van der Waals surface area contributed by atoms with Gasteiger partial charge in [0, 0.05) is 63.2 Å². The summed E-state index contributed by atoms with van der Waals surface area (Å²) in [5.74, 6) is -2.29. The van der Waals surface area contributed by atoms with Crippen LogP contribution in [0.15, 0.2) is 73.3 Å². The summed E-state index contributed by atoms with van der Waals surface area (Å²) < 4.78 is 57.8. The highest BCUT2D eigenvalue weighted by molar-refractivity contribution is 6.35. The standard InChI is InChI=1S/C56H63ClFN7O13/c1-3-48(68)63-16-18-64(19-17-63)52-44-33-45(57)49(42-31-37(66)30-36-6-4-5-7-40(36)42)50(58)51(44)60-56(61-52)78-35(2)34-62-14-12-38(13-15-62)76-28-26-74-24-22-72-20-21-73-23-25-75-27-29-77-39-8-9-41-43(32-39)55(71)65(54(41)70)46-10-11-47(67)59-53(46)69/h3-9,30-33,35,38,46,66H,1,10-29,34H2,2H3,(H,59,67,69)/t35-,46?/m1/s1. The zero-order valence-electron chi connectivity index (χ0n) is 43.4. The molecule has 5 heterocycles. The molecule has 4 aromatic carbocycles. The molecule has 4 aliphatic heterocycles. The molecule has 0 aliphatic carbocycles. The molecule has 3 fully saturated rings. The molecule has 9 rings (SSSR count). The molecular formula is C56H63ClFN7O13. The molecule has 3 saturated heterocycles. The van der Waals surface area contributed by atoms with Crippen LogP contribution in [0.4, 0.5) is 10.2 Å².